The summed E-state index contributed by atoms with van der Waals surface area (Å²) in [7, 11) is 0. The molecule has 0 aliphatic carbocycles. The first kappa shape index (κ1) is 19.5. The highest BCUT2D eigenvalue weighted by atomic mass is 35.5. The number of carbonyl (C=O) groups is 1. The van der Waals surface area contributed by atoms with E-state index in [-0.39, 0.29) is 5.91 Å². The summed E-state index contributed by atoms with van der Waals surface area (Å²) in [4.78, 5) is 16.9. The molecule has 1 N–H and O–H groups in total. The number of nitrogens with one attached hydrogen (secondary N) is 1. The van der Waals surface area contributed by atoms with E-state index in [4.69, 9.17) is 11.6 Å². The van der Waals surface area contributed by atoms with Crippen LogP contribution < -0.4 is 5.32 Å². The van der Waals surface area contributed by atoms with Gasteiger partial charge in [0.2, 0.25) is 5.91 Å². The lowest BCUT2D eigenvalue weighted by Gasteiger charge is -2.14. The first-order valence-corrected chi connectivity index (χ1v) is 10.3. The molecule has 0 aliphatic heterocycles. The minimum Gasteiger partial charge on any atom is -0.325 e. The van der Waals surface area contributed by atoms with Crippen LogP contribution in [0.15, 0.2) is 60.0 Å². The minimum absolute atomic E-state index is 0.0313. The molecule has 4 nitrogen and oxygen atoms in total. The van der Waals surface area contributed by atoms with Gasteiger partial charge in [0.25, 0.3) is 0 Å². The van der Waals surface area contributed by atoms with Gasteiger partial charge in [-0.3, -0.25) is 9.36 Å². The zero-order chi connectivity index (χ0) is 19.2. The summed E-state index contributed by atoms with van der Waals surface area (Å²) < 4.78 is 1.93. The Labute approximate surface area is 169 Å². The van der Waals surface area contributed by atoms with Crippen molar-refractivity contribution >= 4 is 35.0 Å². The Morgan fingerprint density at radius 3 is 2.52 bits per heavy atom. The van der Waals surface area contributed by atoms with Crippen LogP contribution in [0, 0.1) is 0 Å². The number of benzene rings is 2. The number of anilines is 1. The Morgan fingerprint density at radius 1 is 1.15 bits per heavy atom. The number of rotatable bonds is 7. The van der Waals surface area contributed by atoms with Crippen LogP contribution in [0.4, 0.5) is 5.69 Å². The van der Waals surface area contributed by atoms with Crippen LogP contribution in [0.2, 0.25) is 5.02 Å². The SMILES string of the molecule is CCc1cccc(CC)c1NC(=O)CSc1nccn1-c1cccc(Cl)c1. The van der Waals surface area contributed by atoms with Crippen LogP contribution in [0.5, 0.6) is 0 Å². The Kier molecular flexibility index (Phi) is 6.58. The standard InChI is InChI=1S/C21H22ClN3OS/c1-3-15-7-5-8-16(4-2)20(15)24-19(26)14-27-21-23-11-12-25(21)18-10-6-9-17(22)13-18/h5-13H,3-4,14H2,1-2H3,(H,24,26). The van der Waals surface area contributed by atoms with Gasteiger partial charge in [-0.05, 0) is 42.2 Å². The Hall–Kier alpha value is -2.24. The maximum atomic E-state index is 12.6. The van der Waals surface area contributed by atoms with Crippen molar-refractivity contribution in [1.29, 1.82) is 0 Å². The summed E-state index contributed by atoms with van der Waals surface area (Å²) in [5, 5.41) is 4.52. The predicted octanol–water partition coefficient (Wildman–Crippen LogP) is 5.38. The normalized spacial score (nSPS) is 10.8. The molecule has 0 saturated carbocycles. The lowest BCUT2D eigenvalue weighted by molar-refractivity contribution is -0.113. The number of halogens is 1. The molecule has 0 fully saturated rings. The smallest absolute Gasteiger partial charge is 0.234 e. The number of imidazole rings is 1. The van der Waals surface area contributed by atoms with Crippen molar-refractivity contribution in [3.05, 3.63) is 71.0 Å². The number of nitrogens with zero attached hydrogens (tertiary/aromatic N) is 2. The van der Waals surface area contributed by atoms with Crippen LogP contribution in [0.25, 0.3) is 5.69 Å². The lowest BCUT2D eigenvalue weighted by atomic mass is 10.0. The van der Waals surface area contributed by atoms with Crippen molar-refractivity contribution in [2.75, 3.05) is 11.1 Å². The van der Waals surface area contributed by atoms with Crippen LogP contribution in [0.1, 0.15) is 25.0 Å². The first-order chi connectivity index (χ1) is 13.1. The first-order valence-electron chi connectivity index (χ1n) is 8.95. The molecule has 1 heterocycles. The summed E-state index contributed by atoms with van der Waals surface area (Å²) in [6.45, 7) is 4.20. The zero-order valence-corrected chi connectivity index (χ0v) is 17.0. The van der Waals surface area contributed by atoms with Crippen LogP contribution in [0.3, 0.4) is 0 Å². The molecule has 0 spiro atoms. The van der Waals surface area contributed by atoms with Crippen molar-refractivity contribution in [1.82, 2.24) is 9.55 Å². The molecule has 0 unspecified atom stereocenters. The molecule has 2 aromatic carbocycles. The van der Waals surface area contributed by atoms with E-state index < -0.39 is 0 Å². The van der Waals surface area contributed by atoms with Gasteiger partial charge in [0, 0.05) is 28.8 Å². The Balaban J connectivity index is 1.70. The van der Waals surface area contributed by atoms with Gasteiger partial charge in [0.05, 0.1) is 5.75 Å². The summed E-state index contributed by atoms with van der Waals surface area (Å²) in [6.07, 6.45) is 5.36. The Morgan fingerprint density at radius 2 is 1.85 bits per heavy atom. The monoisotopic (exact) mass is 399 g/mol. The fraction of sp³-hybridized carbons (Fsp3) is 0.238. The second-order valence-electron chi connectivity index (χ2n) is 6.05. The van der Waals surface area contributed by atoms with Crippen LogP contribution in [-0.4, -0.2) is 21.2 Å². The quantitative estimate of drug-likeness (QED) is 0.542. The maximum absolute atomic E-state index is 12.6. The van der Waals surface area contributed by atoms with Gasteiger partial charge in [-0.25, -0.2) is 4.98 Å². The van der Waals surface area contributed by atoms with Crippen molar-refractivity contribution < 1.29 is 4.79 Å². The molecule has 3 aromatic rings. The molecule has 0 atom stereocenters. The number of carbonyl (C=O) groups excluding carboxylic acids is 1. The van der Waals surface area contributed by atoms with E-state index in [1.807, 2.05) is 41.1 Å². The molecule has 1 amide bonds. The molecule has 0 radical (unpaired) electrons. The van der Waals surface area contributed by atoms with Gasteiger partial charge >= 0.3 is 0 Å². The number of aromatic nitrogens is 2. The average molecular weight is 400 g/mol. The molecule has 0 aliphatic rings. The van der Waals surface area contributed by atoms with Gasteiger partial charge in [-0.1, -0.05) is 61.5 Å². The maximum Gasteiger partial charge on any atom is 0.234 e. The number of amides is 1. The summed E-state index contributed by atoms with van der Waals surface area (Å²) >= 11 is 7.49. The molecule has 1 aromatic heterocycles. The number of aryl methyl sites for hydroxylation is 2. The van der Waals surface area contributed by atoms with Crippen LogP contribution in [-0.2, 0) is 17.6 Å². The summed E-state index contributed by atoms with van der Waals surface area (Å²) in [6, 6.07) is 13.7. The topological polar surface area (TPSA) is 46.9 Å². The third-order valence-corrected chi connectivity index (χ3v) is 5.49. The molecule has 140 valence electrons. The second-order valence-corrected chi connectivity index (χ2v) is 7.43. The molecular formula is C21H22ClN3OS. The van der Waals surface area contributed by atoms with Crippen molar-refractivity contribution in [2.45, 2.75) is 31.8 Å². The van der Waals surface area contributed by atoms with Gasteiger partial charge in [-0.15, -0.1) is 0 Å². The van der Waals surface area contributed by atoms with E-state index in [2.05, 4.69) is 36.3 Å². The van der Waals surface area contributed by atoms with Crippen molar-refractivity contribution in [3.8, 4) is 5.69 Å². The van der Waals surface area contributed by atoms with Crippen LogP contribution >= 0.6 is 23.4 Å². The average Bonchev–Trinajstić information content (AvgIpc) is 3.15. The third kappa shape index (κ3) is 4.73. The van der Waals surface area contributed by atoms with Gasteiger partial charge in [-0.2, -0.15) is 0 Å². The Bertz CT molecular complexity index is 916. The van der Waals surface area contributed by atoms with E-state index in [0.29, 0.717) is 10.8 Å². The van der Waals surface area contributed by atoms with E-state index in [0.717, 1.165) is 40.5 Å². The van der Waals surface area contributed by atoms with E-state index in [1.54, 1.807) is 6.20 Å². The summed E-state index contributed by atoms with van der Waals surface area (Å²) in [5.74, 6) is 0.259. The van der Waals surface area contributed by atoms with Gasteiger partial charge in [0.15, 0.2) is 5.16 Å². The molecular weight excluding hydrogens is 378 g/mol. The lowest BCUT2D eigenvalue weighted by Crippen LogP contribution is -2.17. The minimum atomic E-state index is -0.0313. The highest BCUT2D eigenvalue weighted by Crippen LogP contribution is 2.25. The fourth-order valence-electron chi connectivity index (χ4n) is 2.93. The highest BCUT2D eigenvalue weighted by Gasteiger charge is 2.13. The summed E-state index contributed by atoms with van der Waals surface area (Å²) in [5.41, 5.74) is 4.19. The van der Waals surface area contributed by atoms with Crippen molar-refractivity contribution in [3.63, 3.8) is 0 Å². The molecule has 6 heteroatoms. The number of hydrogen-bond acceptors (Lipinski definition) is 3. The second kappa shape index (κ2) is 9.11. The fourth-order valence-corrected chi connectivity index (χ4v) is 3.89. The molecule has 3 rings (SSSR count). The molecule has 27 heavy (non-hydrogen) atoms. The van der Waals surface area contributed by atoms with E-state index in [1.165, 1.54) is 11.8 Å². The predicted molar refractivity (Wildman–Crippen MR) is 113 cm³/mol. The van der Waals surface area contributed by atoms with Gasteiger partial charge in [0.1, 0.15) is 0 Å². The highest BCUT2D eigenvalue weighted by molar-refractivity contribution is 7.99. The number of para-hydroxylation sites is 1. The molecule has 0 saturated heterocycles. The third-order valence-electron chi connectivity index (χ3n) is 4.29. The number of thioether (sulfide) groups is 1. The van der Waals surface area contributed by atoms with Gasteiger partial charge < -0.3 is 5.32 Å². The van der Waals surface area contributed by atoms with E-state index >= 15 is 0 Å². The number of hydrogen-bond donors (Lipinski definition) is 1. The van der Waals surface area contributed by atoms with E-state index in [9.17, 15) is 4.79 Å². The zero-order valence-electron chi connectivity index (χ0n) is 15.4. The van der Waals surface area contributed by atoms with Crippen molar-refractivity contribution in [2.24, 2.45) is 0 Å². The largest absolute Gasteiger partial charge is 0.325 e. The molecule has 0 bridgehead atoms.